The van der Waals surface area contributed by atoms with Crippen molar-refractivity contribution in [1.29, 1.82) is 0 Å². The molecule has 122 valence electrons. The SMILES string of the molecule is O=C(Cn1nc2ccccn2c1=O)NC(c1ccccc1)C1CC1. The fourth-order valence-corrected chi connectivity index (χ4v) is 2.99. The molecule has 2 aromatic heterocycles. The molecule has 0 radical (unpaired) electrons. The minimum absolute atomic E-state index is 0.00596. The average Bonchev–Trinajstić information content (AvgIpc) is 3.40. The van der Waals surface area contributed by atoms with E-state index in [-0.39, 0.29) is 24.2 Å². The minimum atomic E-state index is -0.302. The summed E-state index contributed by atoms with van der Waals surface area (Å²) >= 11 is 0. The molecule has 1 aliphatic rings. The van der Waals surface area contributed by atoms with Gasteiger partial charge in [0.1, 0.15) is 6.54 Å². The van der Waals surface area contributed by atoms with Crippen molar-refractivity contribution in [2.24, 2.45) is 5.92 Å². The van der Waals surface area contributed by atoms with Crippen molar-refractivity contribution in [2.75, 3.05) is 0 Å². The van der Waals surface area contributed by atoms with Gasteiger partial charge in [0.2, 0.25) is 5.91 Å². The molecule has 6 heteroatoms. The maximum absolute atomic E-state index is 12.4. The Labute approximate surface area is 138 Å². The molecule has 1 fully saturated rings. The second-order valence-electron chi connectivity index (χ2n) is 6.16. The number of amides is 1. The van der Waals surface area contributed by atoms with Gasteiger partial charge in [0.15, 0.2) is 5.65 Å². The number of fused-ring (bicyclic) bond motifs is 1. The number of rotatable bonds is 5. The third kappa shape index (κ3) is 2.82. The molecule has 4 rings (SSSR count). The van der Waals surface area contributed by atoms with Crippen LogP contribution < -0.4 is 11.0 Å². The third-order valence-corrected chi connectivity index (χ3v) is 4.35. The van der Waals surface area contributed by atoms with Crippen LogP contribution in [0.1, 0.15) is 24.4 Å². The van der Waals surface area contributed by atoms with Gasteiger partial charge >= 0.3 is 5.69 Å². The predicted octanol–water partition coefficient (Wildman–Crippen LogP) is 1.76. The van der Waals surface area contributed by atoms with Crippen LogP contribution in [0.25, 0.3) is 5.65 Å². The van der Waals surface area contributed by atoms with E-state index in [1.165, 1.54) is 9.08 Å². The van der Waals surface area contributed by atoms with Crippen LogP contribution in [0.2, 0.25) is 0 Å². The van der Waals surface area contributed by atoms with Crippen molar-refractivity contribution >= 4 is 11.6 Å². The van der Waals surface area contributed by atoms with Crippen LogP contribution in [0.5, 0.6) is 0 Å². The normalized spacial score (nSPS) is 15.3. The first kappa shape index (κ1) is 14.7. The van der Waals surface area contributed by atoms with Gasteiger partial charge in [0.25, 0.3) is 0 Å². The van der Waals surface area contributed by atoms with Crippen molar-refractivity contribution in [1.82, 2.24) is 19.5 Å². The lowest BCUT2D eigenvalue weighted by atomic mass is 10.0. The lowest BCUT2D eigenvalue weighted by molar-refractivity contribution is -0.122. The summed E-state index contributed by atoms with van der Waals surface area (Å²) < 4.78 is 2.64. The highest BCUT2D eigenvalue weighted by Crippen LogP contribution is 2.40. The molecule has 0 bridgehead atoms. The van der Waals surface area contributed by atoms with E-state index < -0.39 is 0 Å². The van der Waals surface area contributed by atoms with Gasteiger partial charge in [-0.25, -0.2) is 9.48 Å². The second-order valence-corrected chi connectivity index (χ2v) is 6.16. The first-order valence-corrected chi connectivity index (χ1v) is 8.11. The zero-order valence-electron chi connectivity index (χ0n) is 13.1. The highest BCUT2D eigenvalue weighted by Gasteiger charge is 2.33. The first-order valence-electron chi connectivity index (χ1n) is 8.11. The number of pyridine rings is 1. The number of hydrogen-bond donors (Lipinski definition) is 1. The van der Waals surface area contributed by atoms with E-state index in [1.807, 2.05) is 36.4 Å². The molecule has 1 amide bonds. The van der Waals surface area contributed by atoms with E-state index in [2.05, 4.69) is 10.4 Å². The molecule has 1 atom stereocenters. The monoisotopic (exact) mass is 322 g/mol. The van der Waals surface area contributed by atoms with Crippen LogP contribution in [-0.2, 0) is 11.3 Å². The van der Waals surface area contributed by atoms with E-state index in [4.69, 9.17) is 0 Å². The van der Waals surface area contributed by atoms with Crippen molar-refractivity contribution in [3.63, 3.8) is 0 Å². The molecule has 0 aliphatic heterocycles. The van der Waals surface area contributed by atoms with Gasteiger partial charge in [-0.1, -0.05) is 36.4 Å². The summed E-state index contributed by atoms with van der Waals surface area (Å²) in [7, 11) is 0. The van der Waals surface area contributed by atoms with Crippen molar-refractivity contribution < 1.29 is 4.79 Å². The summed E-state index contributed by atoms with van der Waals surface area (Å²) in [6.07, 6.45) is 3.89. The Morgan fingerprint density at radius 2 is 1.92 bits per heavy atom. The van der Waals surface area contributed by atoms with Gasteiger partial charge in [-0.05, 0) is 36.5 Å². The topological polar surface area (TPSA) is 68.4 Å². The van der Waals surface area contributed by atoms with Crippen LogP contribution in [0.15, 0.2) is 59.5 Å². The number of carbonyl (C=O) groups excluding carboxylic acids is 1. The van der Waals surface area contributed by atoms with Crippen LogP contribution in [0, 0.1) is 5.92 Å². The molecule has 24 heavy (non-hydrogen) atoms. The molecule has 1 N–H and O–H groups in total. The Morgan fingerprint density at radius 3 is 2.62 bits per heavy atom. The fourth-order valence-electron chi connectivity index (χ4n) is 2.99. The van der Waals surface area contributed by atoms with Gasteiger partial charge in [0, 0.05) is 6.20 Å². The lowest BCUT2D eigenvalue weighted by Crippen LogP contribution is -2.35. The first-order chi connectivity index (χ1) is 11.7. The van der Waals surface area contributed by atoms with Crippen molar-refractivity contribution in [3.8, 4) is 0 Å². The Bertz CT molecular complexity index is 925. The van der Waals surface area contributed by atoms with Gasteiger partial charge in [-0.2, -0.15) is 0 Å². The van der Waals surface area contributed by atoms with E-state index in [9.17, 15) is 9.59 Å². The molecule has 0 spiro atoms. The van der Waals surface area contributed by atoms with Crippen molar-refractivity contribution in [2.45, 2.75) is 25.4 Å². The number of hydrogen-bond acceptors (Lipinski definition) is 3. The number of nitrogens with zero attached hydrogens (tertiary/aromatic N) is 3. The van der Waals surface area contributed by atoms with E-state index >= 15 is 0 Å². The minimum Gasteiger partial charge on any atom is -0.347 e. The quantitative estimate of drug-likeness (QED) is 0.778. The molecule has 1 aromatic carbocycles. The highest BCUT2D eigenvalue weighted by molar-refractivity contribution is 5.76. The molecular weight excluding hydrogens is 304 g/mol. The maximum Gasteiger partial charge on any atom is 0.350 e. The van der Waals surface area contributed by atoms with Gasteiger partial charge < -0.3 is 5.32 Å². The summed E-state index contributed by atoms with van der Waals surface area (Å²) in [5, 5.41) is 7.27. The number of aromatic nitrogens is 3. The largest absolute Gasteiger partial charge is 0.350 e. The van der Waals surface area contributed by atoms with Crippen molar-refractivity contribution in [3.05, 3.63) is 70.8 Å². The standard InChI is InChI=1S/C18H18N4O2/c23-16(12-22-18(24)21-11-5-4-8-15(21)20-22)19-17(14-9-10-14)13-6-2-1-3-7-13/h1-8,11,14,17H,9-10,12H2,(H,19,23). The Balaban J connectivity index is 1.53. The molecule has 1 saturated carbocycles. The molecule has 3 aromatic rings. The number of benzene rings is 1. The Hall–Kier alpha value is -2.89. The summed E-state index contributed by atoms with van der Waals surface area (Å²) in [6, 6.07) is 15.3. The zero-order chi connectivity index (χ0) is 16.5. The van der Waals surface area contributed by atoms with Crippen LogP contribution in [0.4, 0.5) is 0 Å². The third-order valence-electron chi connectivity index (χ3n) is 4.35. The lowest BCUT2D eigenvalue weighted by Gasteiger charge is -2.18. The fraction of sp³-hybridized carbons (Fsp3) is 0.278. The summed E-state index contributed by atoms with van der Waals surface area (Å²) in [4.78, 5) is 24.7. The van der Waals surface area contributed by atoms with E-state index in [0.717, 1.165) is 18.4 Å². The predicted molar refractivity (Wildman–Crippen MR) is 89.5 cm³/mol. The van der Waals surface area contributed by atoms with Gasteiger partial charge in [-0.15, -0.1) is 5.10 Å². The smallest absolute Gasteiger partial charge is 0.347 e. The van der Waals surface area contributed by atoms with E-state index in [0.29, 0.717) is 11.6 Å². The summed E-state index contributed by atoms with van der Waals surface area (Å²) in [5.74, 6) is 0.287. The molecule has 2 heterocycles. The molecular formula is C18H18N4O2. The van der Waals surface area contributed by atoms with E-state index in [1.54, 1.807) is 18.3 Å². The summed E-state index contributed by atoms with van der Waals surface area (Å²) in [6.45, 7) is -0.0729. The number of carbonyl (C=O) groups is 1. The Morgan fingerprint density at radius 1 is 1.17 bits per heavy atom. The maximum atomic E-state index is 12.4. The van der Waals surface area contributed by atoms with Gasteiger partial charge in [0.05, 0.1) is 6.04 Å². The van der Waals surface area contributed by atoms with Crippen LogP contribution >= 0.6 is 0 Å². The van der Waals surface area contributed by atoms with Gasteiger partial charge in [-0.3, -0.25) is 9.20 Å². The Kier molecular flexibility index (Phi) is 3.65. The molecule has 1 aliphatic carbocycles. The highest BCUT2D eigenvalue weighted by atomic mass is 16.2. The molecule has 1 unspecified atom stereocenters. The van der Waals surface area contributed by atoms with Crippen LogP contribution in [0.3, 0.4) is 0 Å². The summed E-state index contributed by atoms with van der Waals surface area (Å²) in [5.41, 5.74) is 1.34. The molecule has 6 nitrogen and oxygen atoms in total. The molecule has 0 saturated heterocycles. The average molecular weight is 322 g/mol. The second kappa shape index (κ2) is 5.96. The zero-order valence-corrected chi connectivity index (χ0v) is 13.1. The van der Waals surface area contributed by atoms with Crippen LogP contribution in [-0.4, -0.2) is 20.1 Å². The number of nitrogens with one attached hydrogen (secondary N) is 1.